The van der Waals surface area contributed by atoms with Gasteiger partial charge in [-0.05, 0) is 0 Å². The van der Waals surface area contributed by atoms with Crippen LogP contribution in [0.4, 0.5) is 0 Å². The zero-order chi connectivity index (χ0) is 9.33. The fourth-order valence-corrected chi connectivity index (χ4v) is 0.612. The summed E-state index contributed by atoms with van der Waals surface area (Å²) in [5.41, 5.74) is 9.81. The maximum absolute atomic E-state index is 10.4. The first-order valence-corrected chi connectivity index (χ1v) is 5.46. The zero-order valence-corrected chi connectivity index (χ0v) is 8.02. The molecule has 0 radical (unpaired) electrons. The monoisotopic (exact) mass is 182 g/mol. The number of hydrogen-bond donors (Lipinski definition) is 2. The van der Waals surface area contributed by atoms with Crippen molar-refractivity contribution in [2.24, 2.45) is 11.5 Å². The van der Waals surface area contributed by atoms with Crippen LogP contribution >= 0.6 is 0 Å². The lowest BCUT2D eigenvalue weighted by Crippen LogP contribution is -2.11. The molecule has 0 aliphatic heterocycles. The average Bonchev–Trinajstić information content (AvgIpc) is 2.05. The van der Waals surface area contributed by atoms with Crippen molar-refractivity contribution in [2.75, 3.05) is 24.6 Å². The molecule has 0 aliphatic rings. The molecule has 0 aliphatic carbocycles. The topological polar surface area (TPSA) is 86.2 Å². The second-order valence-electron chi connectivity index (χ2n) is 1.90. The van der Waals surface area contributed by atoms with Crippen LogP contribution in [0.25, 0.3) is 0 Å². The summed E-state index contributed by atoms with van der Waals surface area (Å²) < 4.78 is 20.7. The van der Waals surface area contributed by atoms with Gasteiger partial charge in [-0.15, -0.1) is 0 Å². The Kier molecular flexibility index (Phi) is 9.75. The summed E-state index contributed by atoms with van der Waals surface area (Å²) >= 11 is 0. The third-order valence-corrected chi connectivity index (χ3v) is 2.81. The number of hydrogen-bond acceptors (Lipinski definition) is 4. The molecule has 0 unspecified atom stereocenters. The van der Waals surface area contributed by atoms with Crippen molar-refractivity contribution in [3.05, 3.63) is 0 Å². The number of nitrogens with two attached hydrogens (primary N) is 2. The van der Waals surface area contributed by atoms with Gasteiger partial charge in [-0.1, -0.05) is 13.8 Å². The van der Waals surface area contributed by atoms with Gasteiger partial charge in [0.15, 0.2) is 0 Å². The Morgan fingerprint density at radius 3 is 1.27 bits per heavy atom. The predicted molar refractivity (Wildman–Crippen MR) is 48.1 cm³/mol. The van der Waals surface area contributed by atoms with Crippen LogP contribution in [0.15, 0.2) is 0 Å². The van der Waals surface area contributed by atoms with E-state index in [1.807, 2.05) is 0 Å². The van der Waals surface area contributed by atoms with Crippen LogP contribution in [0.5, 0.6) is 0 Å². The second kappa shape index (κ2) is 7.97. The molecular weight excluding hydrogens is 164 g/mol. The van der Waals surface area contributed by atoms with Gasteiger partial charge in [-0.25, -0.2) is 8.42 Å². The van der Waals surface area contributed by atoms with E-state index < -0.39 is 9.84 Å². The van der Waals surface area contributed by atoms with Crippen LogP contribution in [0.1, 0.15) is 13.8 Å². The molecule has 0 bridgehead atoms. The van der Waals surface area contributed by atoms with E-state index in [2.05, 4.69) is 0 Å². The van der Waals surface area contributed by atoms with Crippen molar-refractivity contribution in [2.45, 2.75) is 13.8 Å². The molecule has 0 fully saturated rings. The molecule has 5 heteroatoms. The van der Waals surface area contributed by atoms with Crippen LogP contribution in [-0.2, 0) is 9.84 Å². The van der Waals surface area contributed by atoms with Gasteiger partial charge < -0.3 is 11.5 Å². The largest absolute Gasteiger partial charge is 0.329 e. The molecule has 0 heterocycles. The standard InChI is InChI=1S/C4H10O2S.C2H8N2/c1-3-7(5,6)4-2;3-1-2-4/h3-4H2,1-2H3;1-4H2. The van der Waals surface area contributed by atoms with E-state index in [0.717, 1.165) is 0 Å². The third kappa shape index (κ3) is 13.0. The van der Waals surface area contributed by atoms with Crippen molar-refractivity contribution in [1.29, 1.82) is 0 Å². The average molecular weight is 182 g/mol. The lowest BCUT2D eigenvalue weighted by atomic mass is 10.7. The van der Waals surface area contributed by atoms with Gasteiger partial charge in [0.25, 0.3) is 0 Å². The van der Waals surface area contributed by atoms with Gasteiger partial charge >= 0.3 is 0 Å². The fraction of sp³-hybridized carbons (Fsp3) is 1.00. The van der Waals surface area contributed by atoms with E-state index in [0.29, 0.717) is 13.1 Å². The second-order valence-corrected chi connectivity index (χ2v) is 4.54. The first kappa shape index (κ1) is 13.5. The molecule has 0 spiro atoms. The highest BCUT2D eigenvalue weighted by Gasteiger charge is 1.99. The van der Waals surface area contributed by atoms with E-state index >= 15 is 0 Å². The molecule has 0 atom stereocenters. The molecule has 0 aromatic heterocycles. The van der Waals surface area contributed by atoms with Gasteiger partial charge in [-0.2, -0.15) is 0 Å². The fourth-order valence-electron chi connectivity index (χ4n) is 0.204. The van der Waals surface area contributed by atoms with E-state index in [-0.39, 0.29) is 11.5 Å². The maximum Gasteiger partial charge on any atom is 0.149 e. The highest BCUT2D eigenvalue weighted by atomic mass is 32.2. The molecule has 0 aromatic carbocycles. The first-order valence-electron chi connectivity index (χ1n) is 3.64. The minimum atomic E-state index is -2.66. The Morgan fingerprint density at radius 2 is 1.27 bits per heavy atom. The van der Waals surface area contributed by atoms with Crippen LogP contribution < -0.4 is 11.5 Å². The van der Waals surface area contributed by atoms with Gasteiger partial charge in [0.2, 0.25) is 0 Å². The SMILES string of the molecule is CCS(=O)(=O)CC.NCCN. The molecule has 4 nitrogen and oxygen atoms in total. The van der Waals surface area contributed by atoms with Gasteiger partial charge in [0.05, 0.1) is 0 Å². The Hall–Kier alpha value is -0.130. The van der Waals surface area contributed by atoms with Crippen molar-refractivity contribution >= 4 is 9.84 Å². The molecule has 11 heavy (non-hydrogen) atoms. The van der Waals surface area contributed by atoms with Crippen molar-refractivity contribution in [1.82, 2.24) is 0 Å². The lowest BCUT2D eigenvalue weighted by Gasteiger charge is -1.89. The smallest absolute Gasteiger partial charge is 0.149 e. The van der Waals surface area contributed by atoms with Gasteiger partial charge in [0, 0.05) is 24.6 Å². The molecule has 4 N–H and O–H groups in total. The first-order chi connectivity index (χ1) is 5.04. The van der Waals surface area contributed by atoms with E-state index in [4.69, 9.17) is 11.5 Å². The van der Waals surface area contributed by atoms with Crippen LogP contribution in [0.3, 0.4) is 0 Å². The molecule has 0 rings (SSSR count). The van der Waals surface area contributed by atoms with Crippen LogP contribution in [-0.4, -0.2) is 33.0 Å². The summed E-state index contributed by atoms with van der Waals surface area (Å²) in [7, 11) is -2.66. The molecule has 70 valence electrons. The van der Waals surface area contributed by atoms with Crippen molar-refractivity contribution in [3.8, 4) is 0 Å². The molecule has 0 aromatic rings. The summed E-state index contributed by atoms with van der Waals surface area (Å²) in [6.07, 6.45) is 0. The highest BCUT2D eigenvalue weighted by molar-refractivity contribution is 7.91. The molecule has 0 saturated heterocycles. The summed E-state index contributed by atoms with van der Waals surface area (Å²) in [6, 6.07) is 0. The Balaban J connectivity index is 0. The summed E-state index contributed by atoms with van der Waals surface area (Å²) in [5.74, 6) is 0.535. The van der Waals surface area contributed by atoms with E-state index in [1.54, 1.807) is 13.8 Å². The van der Waals surface area contributed by atoms with Crippen molar-refractivity contribution in [3.63, 3.8) is 0 Å². The zero-order valence-electron chi connectivity index (χ0n) is 7.21. The third-order valence-electron chi connectivity index (χ3n) is 1.05. The normalized spacial score (nSPS) is 10.2. The highest BCUT2D eigenvalue weighted by Crippen LogP contribution is 1.84. The molecule has 0 saturated carbocycles. The summed E-state index contributed by atoms with van der Waals surface area (Å²) in [4.78, 5) is 0. The quantitative estimate of drug-likeness (QED) is 0.607. The van der Waals surface area contributed by atoms with Crippen molar-refractivity contribution < 1.29 is 8.42 Å². The molecular formula is C6H18N2O2S. The maximum atomic E-state index is 10.4. The minimum absolute atomic E-state index is 0.267. The summed E-state index contributed by atoms with van der Waals surface area (Å²) in [5, 5.41) is 0. The number of sulfone groups is 1. The Morgan fingerprint density at radius 1 is 1.00 bits per heavy atom. The predicted octanol–water partition coefficient (Wildman–Crippen LogP) is -0.655. The molecule has 0 amide bonds. The van der Waals surface area contributed by atoms with Gasteiger partial charge in [0.1, 0.15) is 9.84 Å². The Labute approximate surface area is 68.9 Å². The van der Waals surface area contributed by atoms with Crippen LogP contribution in [0, 0.1) is 0 Å². The lowest BCUT2D eigenvalue weighted by molar-refractivity contribution is 0.598. The van der Waals surface area contributed by atoms with Gasteiger partial charge in [-0.3, -0.25) is 0 Å². The number of rotatable bonds is 3. The van der Waals surface area contributed by atoms with E-state index in [1.165, 1.54) is 0 Å². The van der Waals surface area contributed by atoms with Crippen LogP contribution in [0.2, 0.25) is 0 Å². The Bertz CT molecular complexity index is 142. The minimum Gasteiger partial charge on any atom is -0.329 e. The summed E-state index contributed by atoms with van der Waals surface area (Å²) in [6.45, 7) is 4.50. The van der Waals surface area contributed by atoms with E-state index in [9.17, 15) is 8.42 Å².